The topological polar surface area (TPSA) is 16.1 Å². The molecule has 0 bridgehead atoms. The van der Waals surface area contributed by atoms with Crippen LogP contribution in [0, 0.1) is 0 Å². The third-order valence-electron chi connectivity index (χ3n) is 10.7. The Labute approximate surface area is 277 Å². The summed E-state index contributed by atoms with van der Waals surface area (Å²) in [7, 11) is 0. The van der Waals surface area contributed by atoms with Crippen molar-refractivity contribution in [2.45, 2.75) is 38.5 Å². The Morgan fingerprint density at radius 2 is 1.04 bits per heavy atom. The molecular weight excluding hydrogens is 569 g/mol. The Hall–Kier alpha value is -5.47. The maximum atomic E-state index is 4.68. The van der Waals surface area contributed by atoms with Gasteiger partial charge in [-0.2, -0.15) is 0 Å². The Bertz CT molecular complexity index is 2360. The number of rotatable bonds is 4. The van der Waals surface area contributed by atoms with Gasteiger partial charge in [-0.3, -0.25) is 4.98 Å². The van der Waals surface area contributed by atoms with Crippen LogP contribution in [0.25, 0.3) is 44.3 Å². The molecule has 1 aromatic heterocycles. The second-order valence-corrected chi connectivity index (χ2v) is 14.1. The molecule has 226 valence electrons. The maximum absolute atomic E-state index is 4.68. The average Bonchev–Trinajstić information content (AvgIpc) is 3.46. The van der Waals surface area contributed by atoms with Crippen molar-refractivity contribution in [1.82, 2.24) is 4.98 Å². The number of hydrogen-bond acceptors (Lipinski definition) is 2. The van der Waals surface area contributed by atoms with Crippen LogP contribution >= 0.6 is 0 Å². The molecule has 9 rings (SSSR count). The molecule has 0 aliphatic heterocycles. The molecule has 0 saturated carbocycles. The van der Waals surface area contributed by atoms with E-state index < -0.39 is 0 Å². The van der Waals surface area contributed by atoms with Gasteiger partial charge in [0.1, 0.15) is 0 Å². The van der Waals surface area contributed by atoms with E-state index in [1.54, 1.807) is 0 Å². The van der Waals surface area contributed by atoms with E-state index in [-0.39, 0.29) is 10.8 Å². The van der Waals surface area contributed by atoms with Crippen molar-refractivity contribution in [2.75, 3.05) is 4.90 Å². The van der Waals surface area contributed by atoms with E-state index in [1.165, 1.54) is 55.3 Å². The minimum atomic E-state index is -0.0919. The zero-order chi connectivity index (χ0) is 31.9. The summed E-state index contributed by atoms with van der Waals surface area (Å²) in [5.74, 6) is 0. The zero-order valence-corrected chi connectivity index (χ0v) is 27.3. The number of fused-ring (bicyclic) bond motifs is 7. The molecule has 2 aliphatic carbocycles. The van der Waals surface area contributed by atoms with Crippen LogP contribution in [0.1, 0.15) is 49.9 Å². The summed E-state index contributed by atoms with van der Waals surface area (Å²) >= 11 is 0. The van der Waals surface area contributed by atoms with Gasteiger partial charge in [-0.25, -0.2) is 0 Å². The molecule has 6 aromatic carbocycles. The number of nitrogens with zero attached hydrogens (tertiary/aromatic N) is 2. The number of aromatic nitrogens is 1. The summed E-state index contributed by atoms with van der Waals surface area (Å²) in [6.07, 6.45) is 1.86. The van der Waals surface area contributed by atoms with Gasteiger partial charge in [0.05, 0.1) is 5.69 Å². The third kappa shape index (κ3) is 4.14. The molecule has 0 radical (unpaired) electrons. The van der Waals surface area contributed by atoms with E-state index in [0.717, 1.165) is 28.3 Å². The molecule has 1 heterocycles. The SMILES string of the molecule is CC1(C)c2ccccc2-c2ccc(N(c3cccc(-c4ccccn4)c3)c3ccc4c(c3)-c3cc5ccccc5cc3C4(C)C)cc21. The van der Waals surface area contributed by atoms with Gasteiger partial charge in [-0.1, -0.05) is 107 Å². The van der Waals surface area contributed by atoms with Crippen molar-refractivity contribution < 1.29 is 0 Å². The van der Waals surface area contributed by atoms with Crippen LogP contribution in [-0.2, 0) is 10.8 Å². The number of anilines is 3. The minimum absolute atomic E-state index is 0.0830. The van der Waals surface area contributed by atoms with Crippen LogP contribution in [0.4, 0.5) is 17.1 Å². The van der Waals surface area contributed by atoms with Crippen LogP contribution in [0.15, 0.2) is 146 Å². The Kier molecular flexibility index (Phi) is 5.92. The summed E-state index contributed by atoms with van der Waals surface area (Å²) in [4.78, 5) is 7.11. The quantitative estimate of drug-likeness (QED) is 0.199. The molecule has 2 aliphatic rings. The molecular formula is C45H36N2. The Balaban J connectivity index is 1.26. The van der Waals surface area contributed by atoms with Gasteiger partial charge in [0, 0.05) is 39.7 Å². The second-order valence-electron chi connectivity index (χ2n) is 14.1. The highest BCUT2D eigenvalue weighted by Gasteiger charge is 2.38. The van der Waals surface area contributed by atoms with Gasteiger partial charge >= 0.3 is 0 Å². The zero-order valence-electron chi connectivity index (χ0n) is 27.3. The van der Waals surface area contributed by atoms with Gasteiger partial charge < -0.3 is 4.90 Å². The van der Waals surface area contributed by atoms with E-state index >= 15 is 0 Å². The third-order valence-corrected chi connectivity index (χ3v) is 10.7. The fraction of sp³-hybridized carbons (Fsp3) is 0.133. The van der Waals surface area contributed by atoms with Gasteiger partial charge in [-0.05, 0) is 116 Å². The fourth-order valence-corrected chi connectivity index (χ4v) is 8.18. The van der Waals surface area contributed by atoms with Crippen LogP contribution in [-0.4, -0.2) is 4.98 Å². The lowest BCUT2D eigenvalue weighted by Gasteiger charge is -2.29. The molecule has 0 unspecified atom stereocenters. The molecule has 0 fully saturated rings. The van der Waals surface area contributed by atoms with Crippen LogP contribution < -0.4 is 4.90 Å². The lowest BCUT2D eigenvalue weighted by molar-refractivity contribution is 0.660. The molecule has 0 spiro atoms. The first-order chi connectivity index (χ1) is 22.8. The van der Waals surface area contributed by atoms with Crippen molar-refractivity contribution in [3.8, 4) is 33.5 Å². The summed E-state index contributed by atoms with van der Waals surface area (Å²) in [5, 5.41) is 2.57. The Morgan fingerprint density at radius 3 is 1.85 bits per heavy atom. The van der Waals surface area contributed by atoms with Crippen molar-refractivity contribution >= 4 is 27.8 Å². The standard InChI is InChI=1S/C45H36N2/c1-44(2)39-17-8-7-16-35(39)36-21-19-34(28-42(36)44)47(32-15-11-14-31(24-32)43-18-9-10-23-46-43)33-20-22-40-38(27-33)37-25-29-12-5-6-13-30(29)26-41(37)45(40,3)4/h5-28H,1-4H3. The first kappa shape index (κ1) is 27.8. The summed E-state index contributed by atoms with van der Waals surface area (Å²) in [6, 6.07) is 51.4. The lowest BCUT2D eigenvalue weighted by Crippen LogP contribution is -2.17. The number of benzene rings is 6. The lowest BCUT2D eigenvalue weighted by atomic mass is 9.82. The highest BCUT2D eigenvalue weighted by atomic mass is 15.1. The number of hydrogen-bond donors (Lipinski definition) is 0. The van der Waals surface area contributed by atoms with Crippen molar-refractivity contribution in [3.63, 3.8) is 0 Å². The van der Waals surface area contributed by atoms with Gasteiger partial charge in [0.25, 0.3) is 0 Å². The predicted molar refractivity (Wildman–Crippen MR) is 197 cm³/mol. The van der Waals surface area contributed by atoms with Gasteiger partial charge in [-0.15, -0.1) is 0 Å². The molecule has 2 heteroatoms. The second kappa shape index (κ2) is 10.0. The first-order valence-electron chi connectivity index (χ1n) is 16.5. The predicted octanol–water partition coefficient (Wildman–Crippen LogP) is 12.0. The Morgan fingerprint density at radius 1 is 0.426 bits per heavy atom. The molecule has 2 nitrogen and oxygen atoms in total. The van der Waals surface area contributed by atoms with E-state index in [4.69, 9.17) is 0 Å². The molecule has 0 N–H and O–H groups in total. The van der Waals surface area contributed by atoms with Crippen LogP contribution in [0.5, 0.6) is 0 Å². The van der Waals surface area contributed by atoms with Gasteiger partial charge in [0.15, 0.2) is 0 Å². The van der Waals surface area contributed by atoms with E-state index in [1.807, 2.05) is 12.3 Å². The summed E-state index contributed by atoms with van der Waals surface area (Å²) < 4.78 is 0. The molecule has 0 atom stereocenters. The van der Waals surface area contributed by atoms with Crippen LogP contribution in [0.2, 0.25) is 0 Å². The molecule has 47 heavy (non-hydrogen) atoms. The van der Waals surface area contributed by atoms with E-state index in [2.05, 4.69) is 171 Å². The van der Waals surface area contributed by atoms with Crippen molar-refractivity contribution in [1.29, 1.82) is 0 Å². The van der Waals surface area contributed by atoms with Crippen molar-refractivity contribution in [3.05, 3.63) is 168 Å². The molecule has 7 aromatic rings. The smallest absolute Gasteiger partial charge is 0.0702 e. The monoisotopic (exact) mass is 604 g/mol. The van der Waals surface area contributed by atoms with Gasteiger partial charge in [0.2, 0.25) is 0 Å². The highest BCUT2D eigenvalue weighted by Crippen LogP contribution is 2.53. The highest BCUT2D eigenvalue weighted by molar-refractivity contribution is 5.95. The average molecular weight is 605 g/mol. The maximum Gasteiger partial charge on any atom is 0.0702 e. The van der Waals surface area contributed by atoms with E-state index in [0.29, 0.717) is 0 Å². The van der Waals surface area contributed by atoms with E-state index in [9.17, 15) is 0 Å². The number of pyridine rings is 1. The fourth-order valence-electron chi connectivity index (χ4n) is 8.18. The summed E-state index contributed by atoms with van der Waals surface area (Å²) in [6.45, 7) is 9.43. The van der Waals surface area contributed by atoms with Crippen molar-refractivity contribution in [2.24, 2.45) is 0 Å². The summed E-state index contributed by atoms with van der Waals surface area (Å²) in [5.41, 5.74) is 16.1. The molecule has 0 amide bonds. The minimum Gasteiger partial charge on any atom is -0.310 e. The van der Waals surface area contributed by atoms with Crippen LogP contribution in [0.3, 0.4) is 0 Å². The normalized spacial score (nSPS) is 14.7. The molecule has 0 saturated heterocycles. The largest absolute Gasteiger partial charge is 0.310 e. The first-order valence-corrected chi connectivity index (χ1v) is 16.5.